The second-order valence-corrected chi connectivity index (χ2v) is 7.64. The minimum atomic E-state index is -0.349. The highest BCUT2D eigenvalue weighted by Gasteiger charge is 2.56. The first-order chi connectivity index (χ1) is 13.9. The van der Waals surface area contributed by atoms with E-state index in [0.717, 1.165) is 27.6 Å². The zero-order chi connectivity index (χ0) is 20.9. The first-order valence-corrected chi connectivity index (χ1v) is 9.63. The van der Waals surface area contributed by atoms with E-state index in [-0.39, 0.29) is 24.4 Å². The van der Waals surface area contributed by atoms with Crippen molar-refractivity contribution >= 4 is 10.8 Å². The lowest BCUT2D eigenvalue weighted by Crippen LogP contribution is -2.38. The van der Waals surface area contributed by atoms with Crippen molar-refractivity contribution in [1.82, 2.24) is 0 Å². The highest BCUT2D eigenvalue weighted by Crippen LogP contribution is 2.59. The maximum Gasteiger partial charge on any atom is 0.188 e. The molecule has 0 aromatic heterocycles. The number of rotatable bonds is 7. The van der Waals surface area contributed by atoms with E-state index < -0.39 is 0 Å². The number of hydrogen-bond acceptors (Lipinski definition) is 7. The maximum atomic E-state index is 6.45. The summed E-state index contributed by atoms with van der Waals surface area (Å²) in [5.74, 6) is 3.34. The van der Waals surface area contributed by atoms with Crippen molar-refractivity contribution in [3.8, 4) is 28.7 Å². The number of methoxy groups -OCH3 is 4. The molecule has 7 nitrogen and oxygen atoms in total. The monoisotopic (exact) mass is 404 g/mol. The first kappa shape index (κ1) is 19.9. The maximum absolute atomic E-state index is 6.45. The molecule has 0 radical (unpaired) electrons. The molecule has 0 spiro atoms. The van der Waals surface area contributed by atoms with Gasteiger partial charge in [0.1, 0.15) is 23.4 Å². The molecule has 0 N–H and O–H groups in total. The molecule has 2 aliphatic heterocycles. The molecule has 29 heavy (non-hydrogen) atoms. The van der Waals surface area contributed by atoms with Gasteiger partial charge in [0.2, 0.25) is 0 Å². The minimum Gasteiger partial charge on any atom is -0.496 e. The lowest BCUT2D eigenvalue weighted by molar-refractivity contribution is 0.0492. The zero-order valence-corrected chi connectivity index (χ0v) is 18.0. The Kier molecular flexibility index (Phi) is 4.91. The number of epoxide rings is 1. The summed E-state index contributed by atoms with van der Waals surface area (Å²) in [6.45, 7) is 6.99. The molecule has 7 heteroatoms. The van der Waals surface area contributed by atoms with Crippen molar-refractivity contribution in [3.63, 3.8) is 0 Å². The largest absolute Gasteiger partial charge is 0.496 e. The smallest absolute Gasteiger partial charge is 0.188 e. The molecular weight excluding hydrogens is 376 g/mol. The Morgan fingerprint density at radius 3 is 2.28 bits per heavy atom. The van der Waals surface area contributed by atoms with Gasteiger partial charge in [0, 0.05) is 23.6 Å². The fourth-order valence-electron chi connectivity index (χ4n) is 4.51. The summed E-state index contributed by atoms with van der Waals surface area (Å²) in [6, 6.07) is 1.96. The van der Waals surface area contributed by atoms with Crippen LogP contribution in [0.5, 0.6) is 28.7 Å². The Labute approximate surface area is 170 Å². The molecule has 2 heterocycles. The van der Waals surface area contributed by atoms with Crippen LogP contribution in [-0.4, -0.2) is 54.0 Å². The van der Waals surface area contributed by atoms with Crippen LogP contribution < -0.4 is 23.7 Å². The van der Waals surface area contributed by atoms with E-state index in [0.29, 0.717) is 29.6 Å². The third kappa shape index (κ3) is 2.71. The Hall–Kier alpha value is -2.38. The van der Waals surface area contributed by atoms with E-state index in [9.17, 15) is 0 Å². The van der Waals surface area contributed by atoms with Crippen LogP contribution in [0.3, 0.4) is 0 Å². The molecule has 158 valence electrons. The van der Waals surface area contributed by atoms with E-state index in [4.69, 9.17) is 33.2 Å². The molecule has 2 aromatic rings. The average molecular weight is 404 g/mol. The van der Waals surface area contributed by atoms with Crippen molar-refractivity contribution in [2.45, 2.75) is 38.4 Å². The van der Waals surface area contributed by atoms with Gasteiger partial charge < -0.3 is 33.2 Å². The van der Waals surface area contributed by atoms with Gasteiger partial charge in [-0.15, -0.1) is 0 Å². The molecule has 0 saturated carbocycles. The van der Waals surface area contributed by atoms with E-state index in [1.807, 2.05) is 13.0 Å². The van der Waals surface area contributed by atoms with Gasteiger partial charge in [0.25, 0.3) is 0 Å². The molecule has 0 unspecified atom stereocenters. The molecule has 1 fully saturated rings. The SMILES string of the molecule is COCOc1cc2c(OC)c(OC)c(C)c(OC)c2c2c1[C@@](C)([C@H]1CO1)[C@@H](C)O2. The molecule has 4 rings (SSSR count). The summed E-state index contributed by atoms with van der Waals surface area (Å²) in [7, 11) is 6.49. The molecule has 0 bridgehead atoms. The highest BCUT2D eigenvalue weighted by molar-refractivity contribution is 6.04. The van der Waals surface area contributed by atoms with Crippen molar-refractivity contribution in [1.29, 1.82) is 0 Å². The predicted octanol–water partition coefficient (Wildman–Crippen LogP) is 3.59. The van der Waals surface area contributed by atoms with E-state index in [2.05, 4.69) is 13.8 Å². The lowest BCUT2D eigenvalue weighted by Gasteiger charge is -2.27. The van der Waals surface area contributed by atoms with E-state index in [1.54, 1.807) is 28.4 Å². The minimum absolute atomic E-state index is 0.0772. The van der Waals surface area contributed by atoms with Gasteiger partial charge in [-0.05, 0) is 26.8 Å². The van der Waals surface area contributed by atoms with Crippen LogP contribution in [0.25, 0.3) is 10.8 Å². The van der Waals surface area contributed by atoms with Gasteiger partial charge in [0.05, 0.1) is 44.8 Å². The number of hydrogen-bond donors (Lipinski definition) is 0. The van der Waals surface area contributed by atoms with Gasteiger partial charge in [-0.2, -0.15) is 0 Å². The molecule has 2 aromatic carbocycles. The topological polar surface area (TPSA) is 67.9 Å². The average Bonchev–Trinajstić information content (AvgIpc) is 3.53. The van der Waals surface area contributed by atoms with Gasteiger partial charge in [-0.25, -0.2) is 0 Å². The Bertz CT molecular complexity index is 951. The molecule has 0 amide bonds. The van der Waals surface area contributed by atoms with Crippen LogP contribution in [0.15, 0.2) is 6.07 Å². The lowest BCUT2D eigenvalue weighted by atomic mass is 9.75. The molecule has 1 saturated heterocycles. The Morgan fingerprint density at radius 1 is 1.07 bits per heavy atom. The number of benzene rings is 2. The zero-order valence-electron chi connectivity index (χ0n) is 18.0. The summed E-state index contributed by atoms with van der Waals surface area (Å²) >= 11 is 0. The molecule has 0 aliphatic carbocycles. The van der Waals surface area contributed by atoms with Crippen LogP contribution in [0.1, 0.15) is 25.0 Å². The fourth-order valence-corrected chi connectivity index (χ4v) is 4.51. The third-order valence-electron chi connectivity index (χ3n) is 6.23. The standard InChI is InChI=1S/C22H28O7/c1-11-18(24-5)16-13(20(26-7)19(11)25-6)8-14(28-10-23-4)17-21(16)29-12(2)22(17,3)15-9-27-15/h8,12,15H,9-10H2,1-7H3/t12-,15-,22-/m1/s1. The van der Waals surface area contributed by atoms with Crippen molar-refractivity contribution < 1.29 is 33.2 Å². The second kappa shape index (κ2) is 7.15. The predicted molar refractivity (Wildman–Crippen MR) is 108 cm³/mol. The van der Waals surface area contributed by atoms with Crippen molar-refractivity contribution in [3.05, 3.63) is 17.2 Å². The van der Waals surface area contributed by atoms with Gasteiger partial charge in [0.15, 0.2) is 18.3 Å². The van der Waals surface area contributed by atoms with Crippen molar-refractivity contribution in [2.24, 2.45) is 0 Å². The first-order valence-electron chi connectivity index (χ1n) is 9.63. The molecular formula is C22H28O7. The Morgan fingerprint density at radius 2 is 1.72 bits per heavy atom. The van der Waals surface area contributed by atoms with Gasteiger partial charge in [-0.1, -0.05) is 0 Å². The van der Waals surface area contributed by atoms with Gasteiger partial charge in [-0.3, -0.25) is 0 Å². The van der Waals surface area contributed by atoms with Crippen LogP contribution in [0.4, 0.5) is 0 Å². The quantitative estimate of drug-likeness (QED) is 0.516. The van der Waals surface area contributed by atoms with E-state index in [1.165, 1.54) is 0 Å². The normalized spacial score (nSPS) is 24.8. The van der Waals surface area contributed by atoms with Gasteiger partial charge >= 0.3 is 0 Å². The molecule has 2 aliphatic rings. The molecule has 3 atom stereocenters. The fraction of sp³-hybridized carbons (Fsp3) is 0.545. The summed E-state index contributed by atoms with van der Waals surface area (Å²) in [6.07, 6.45) is -0.0214. The Balaban J connectivity index is 2.12. The highest BCUT2D eigenvalue weighted by atomic mass is 16.7. The van der Waals surface area contributed by atoms with Crippen LogP contribution >= 0.6 is 0 Å². The van der Waals surface area contributed by atoms with Crippen LogP contribution in [-0.2, 0) is 14.9 Å². The summed E-state index contributed by atoms with van der Waals surface area (Å²) in [5.41, 5.74) is 1.47. The number of fused-ring (bicyclic) bond motifs is 3. The summed E-state index contributed by atoms with van der Waals surface area (Å²) in [4.78, 5) is 0. The third-order valence-corrected chi connectivity index (χ3v) is 6.23. The summed E-state index contributed by atoms with van der Waals surface area (Å²) < 4.78 is 40.5. The van der Waals surface area contributed by atoms with E-state index >= 15 is 0 Å². The van der Waals surface area contributed by atoms with Crippen LogP contribution in [0, 0.1) is 6.92 Å². The summed E-state index contributed by atoms with van der Waals surface area (Å²) in [5, 5.41) is 1.64. The van der Waals surface area contributed by atoms with Crippen molar-refractivity contribution in [2.75, 3.05) is 41.8 Å². The number of ether oxygens (including phenoxy) is 7. The second-order valence-electron chi connectivity index (χ2n) is 7.64. The van der Waals surface area contributed by atoms with Crippen LogP contribution in [0.2, 0.25) is 0 Å².